The highest BCUT2D eigenvalue weighted by atomic mass is 35.5. The fourth-order valence-corrected chi connectivity index (χ4v) is 4.03. The number of benzene rings is 3. The predicted molar refractivity (Wildman–Crippen MR) is 133 cm³/mol. The van der Waals surface area contributed by atoms with E-state index < -0.39 is 22.5 Å². The summed E-state index contributed by atoms with van der Waals surface area (Å²) in [5.41, 5.74) is 4.30. The first-order valence-corrected chi connectivity index (χ1v) is 12.4. The Kier molecular flexibility index (Phi) is 8.50. The molecule has 1 N–H and O–H groups in total. The summed E-state index contributed by atoms with van der Waals surface area (Å²) in [4.78, 5) is 12.3. The molecule has 3 rings (SSSR count). The lowest BCUT2D eigenvalue weighted by atomic mass is 10.2. The van der Waals surface area contributed by atoms with E-state index in [0.717, 1.165) is 16.1 Å². The zero-order valence-electron chi connectivity index (χ0n) is 18.6. The molecule has 0 saturated carbocycles. The monoisotopic (exact) mass is 501 g/mol. The van der Waals surface area contributed by atoms with Crippen molar-refractivity contribution in [1.82, 2.24) is 5.43 Å². The summed E-state index contributed by atoms with van der Waals surface area (Å²) in [6.07, 6.45) is 2.43. The molecule has 0 aliphatic carbocycles. The van der Waals surface area contributed by atoms with E-state index in [-0.39, 0.29) is 5.69 Å². The molecule has 0 radical (unpaired) electrons. The second-order valence-electron chi connectivity index (χ2n) is 7.23. The van der Waals surface area contributed by atoms with Gasteiger partial charge in [0.2, 0.25) is 10.0 Å². The Hall–Kier alpha value is -3.56. The third-order valence-corrected chi connectivity index (χ3v) is 5.99. The lowest BCUT2D eigenvalue weighted by molar-refractivity contribution is -0.119. The number of carbonyl (C=O) groups is 1. The molecule has 0 saturated heterocycles. The van der Waals surface area contributed by atoms with E-state index in [0.29, 0.717) is 28.7 Å². The van der Waals surface area contributed by atoms with Crippen molar-refractivity contribution < 1.29 is 22.7 Å². The number of rotatable bonds is 10. The topological polar surface area (TPSA) is 97.3 Å². The van der Waals surface area contributed by atoms with Crippen LogP contribution in [0.25, 0.3) is 0 Å². The van der Waals surface area contributed by atoms with Gasteiger partial charge in [-0.05, 0) is 47.5 Å². The first-order valence-electron chi connectivity index (χ1n) is 10.2. The number of hydrazone groups is 1. The first-order chi connectivity index (χ1) is 16.3. The number of hydrogen-bond donors (Lipinski definition) is 1. The quantitative estimate of drug-likeness (QED) is 0.336. The molecule has 1 amide bonds. The van der Waals surface area contributed by atoms with E-state index >= 15 is 0 Å². The Bertz CT molecular complexity index is 1270. The van der Waals surface area contributed by atoms with Gasteiger partial charge in [-0.3, -0.25) is 9.10 Å². The molecule has 0 fully saturated rings. The van der Waals surface area contributed by atoms with E-state index in [9.17, 15) is 13.2 Å². The van der Waals surface area contributed by atoms with E-state index in [4.69, 9.17) is 21.1 Å². The maximum absolute atomic E-state index is 12.3. The van der Waals surface area contributed by atoms with Crippen LogP contribution in [0, 0.1) is 0 Å². The first kappa shape index (κ1) is 25.1. The van der Waals surface area contributed by atoms with Crippen LogP contribution in [-0.4, -0.2) is 40.4 Å². The summed E-state index contributed by atoms with van der Waals surface area (Å²) in [6.45, 7) is -0.0593. The molecule has 0 unspecified atom stereocenters. The van der Waals surface area contributed by atoms with Crippen LogP contribution in [0.15, 0.2) is 77.9 Å². The number of methoxy groups -OCH3 is 1. The number of halogens is 1. The number of sulfonamides is 1. The van der Waals surface area contributed by atoms with Gasteiger partial charge in [0.15, 0.2) is 11.5 Å². The van der Waals surface area contributed by atoms with Crippen LogP contribution in [0.5, 0.6) is 11.5 Å². The van der Waals surface area contributed by atoms with Gasteiger partial charge < -0.3 is 9.47 Å². The van der Waals surface area contributed by atoms with Gasteiger partial charge in [0.05, 0.1) is 25.3 Å². The van der Waals surface area contributed by atoms with Crippen molar-refractivity contribution >= 4 is 39.4 Å². The van der Waals surface area contributed by atoms with Gasteiger partial charge in [-0.25, -0.2) is 13.8 Å². The van der Waals surface area contributed by atoms with Crippen molar-refractivity contribution in [2.45, 2.75) is 6.61 Å². The fraction of sp³-hybridized carbons (Fsp3) is 0.167. The van der Waals surface area contributed by atoms with Crippen molar-refractivity contribution in [3.05, 3.63) is 88.9 Å². The van der Waals surface area contributed by atoms with Gasteiger partial charge in [-0.1, -0.05) is 48.0 Å². The summed E-state index contributed by atoms with van der Waals surface area (Å²) in [7, 11) is -2.18. The Labute approximate surface area is 203 Å². The summed E-state index contributed by atoms with van der Waals surface area (Å²) in [5.74, 6) is 0.463. The molecule has 0 spiro atoms. The second-order valence-corrected chi connectivity index (χ2v) is 9.57. The van der Waals surface area contributed by atoms with Crippen LogP contribution in [0.3, 0.4) is 0 Å². The molecule has 0 aliphatic heterocycles. The lowest BCUT2D eigenvalue weighted by Gasteiger charge is -2.21. The van der Waals surface area contributed by atoms with Crippen LogP contribution in [-0.2, 0) is 21.4 Å². The van der Waals surface area contributed by atoms with E-state index in [2.05, 4.69) is 10.5 Å². The van der Waals surface area contributed by atoms with Crippen molar-refractivity contribution in [3.8, 4) is 11.5 Å². The molecule has 0 aliphatic rings. The SMILES string of the molecule is COc1cc(/C=N\NC(=O)CN(c2cccc(Cl)c2)S(C)(=O)=O)ccc1OCc1ccccc1. The normalized spacial score (nSPS) is 11.3. The van der Waals surface area contributed by atoms with Gasteiger partial charge >= 0.3 is 0 Å². The fourth-order valence-electron chi connectivity index (χ4n) is 2.99. The average molecular weight is 502 g/mol. The molecule has 3 aromatic rings. The molecule has 34 heavy (non-hydrogen) atoms. The van der Waals surface area contributed by atoms with Gasteiger partial charge in [0.1, 0.15) is 13.2 Å². The van der Waals surface area contributed by atoms with Crippen LogP contribution in [0.4, 0.5) is 5.69 Å². The van der Waals surface area contributed by atoms with Crippen molar-refractivity contribution in [3.63, 3.8) is 0 Å². The highest BCUT2D eigenvalue weighted by Gasteiger charge is 2.20. The van der Waals surface area contributed by atoms with Crippen molar-refractivity contribution in [1.29, 1.82) is 0 Å². The van der Waals surface area contributed by atoms with Crippen molar-refractivity contribution in [2.24, 2.45) is 5.10 Å². The van der Waals surface area contributed by atoms with Gasteiger partial charge in [-0.2, -0.15) is 5.10 Å². The van der Waals surface area contributed by atoms with Gasteiger partial charge in [-0.15, -0.1) is 0 Å². The van der Waals surface area contributed by atoms with Crippen LogP contribution in [0.2, 0.25) is 5.02 Å². The minimum absolute atomic E-state index is 0.282. The minimum Gasteiger partial charge on any atom is -0.493 e. The molecule has 10 heteroatoms. The molecule has 0 bridgehead atoms. The van der Waals surface area contributed by atoms with E-state index in [1.165, 1.54) is 19.4 Å². The number of amides is 1. The standard InChI is InChI=1S/C24H24ClN3O5S/c1-32-23-13-19(11-12-22(23)33-17-18-7-4-3-5-8-18)15-26-27-24(29)16-28(34(2,30)31)21-10-6-9-20(25)14-21/h3-15H,16-17H2,1-2H3,(H,27,29)/b26-15-. The number of ether oxygens (including phenoxy) is 2. The van der Waals surface area contributed by atoms with Crippen LogP contribution >= 0.6 is 11.6 Å². The van der Waals surface area contributed by atoms with Crippen LogP contribution in [0.1, 0.15) is 11.1 Å². The zero-order chi connectivity index (χ0) is 24.6. The maximum Gasteiger partial charge on any atom is 0.260 e. The van der Waals surface area contributed by atoms with E-state index in [1.54, 1.807) is 36.4 Å². The number of nitrogens with one attached hydrogen (secondary N) is 1. The molecule has 8 nitrogen and oxygen atoms in total. The molecule has 3 aromatic carbocycles. The Balaban J connectivity index is 1.62. The highest BCUT2D eigenvalue weighted by Crippen LogP contribution is 2.28. The summed E-state index contributed by atoms with van der Waals surface area (Å²) in [5, 5.41) is 4.27. The molecule has 0 heterocycles. The number of nitrogens with zero attached hydrogens (tertiary/aromatic N) is 2. The van der Waals surface area contributed by atoms with Gasteiger partial charge in [0, 0.05) is 5.02 Å². The number of hydrogen-bond acceptors (Lipinski definition) is 6. The Morgan fingerprint density at radius 3 is 2.50 bits per heavy atom. The minimum atomic E-state index is -3.71. The van der Waals surface area contributed by atoms with Crippen LogP contribution < -0.4 is 19.2 Å². The number of carbonyl (C=O) groups excluding carboxylic acids is 1. The Morgan fingerprint density at radius 2 is 1.82 bits per heavy atom. The molecule has 0 aromatic heterocycles. The average Bonchev–Trinajstić information content (AvgIpc) is 2.81. The Morgan fingerprint density at radius 1 is 1.06 bits per heavy atom. The maximum atomic E-state index is 12.3. The summed E-state index contributed by atoms with van der Waals surface area (Å²) >= 11 is 5.95. The predicted octanol–water partition coefficient (Wildman–Crippen LogP) is 3.84. The highest BCUT2D eigenvalue weighted by molar-refractivity contribution is 7.92. The summed E-state index contributed by atoms with van der Waals surface area (Å²) < 4.78 is 36.5. The molecular weight excluding hydrogens is 478 g/mol. The van der Waals surface area contributed by atoms with Gasteiger partial charge in [0.25, 0.3) is 5.91 Å². The largest absolute Gasteiger partial charge is 0.493 e. The molecule has 178 valence electrons. The summed E-state index contributed by atoms with van der Waals surface area (Å²) in [6, 6.07) is 21.2. The molecule has 0 atom stereocenters. The second kappa shape index (κ2) is 11.5. The lowest BCUT2D eigenvalue weighted by Crippen LogP contribution is -2.39. The zero-order valence-corrected chi connectivity index (χ0v) is 20.2. The third-order valence-electron chi connectivity index (χ3n) is 4.61. The molecular formula is C24H24ClN3O5S. The van der Waals surface area contributed by atoms with E-state index in [1.807, 2.05) is 30.3 Å². The number of anilines is 1. The third kappa shape index (κ3) is 7.23. The van der Waals surface area contributed by atoms with Crippen molar-refractivity contribution in [2.75, 3.05) is 24.2 Å². The smallest absolute Gasteiger partial charge is 0.260 e.